The van der Waals surface area contributed by atoms with Gasteiger partial charge in [-0.2, -0.15) is 0 Å². The minimum atomic E-state index is -0.199. The average molecular weight is 300 g/mol. The monoisotopic (exact) mass is 299 g/mol. The molecule has 0 saturated heterocycles. The second-order valence-corrected chi connectivity index (χ2v) is 7.49. The molecule has 0 heterocycles. The lowest BCUT2D eigenvalue weighted by Crippen LogP contribution is -2.35. The van der Waals surface area contributed by atoms with Gasteiger partial charge in [0.05, 0.1) is 0 Å². The number of hydrogen-bond donors (Lipinski definition) is 1. The zero-order valence-electron chi connectivity index (χ0n) is 13.3. The summed E-state index contributed by atoms with van der Waals surface area (Å²) < 4.78 is 13.9. The maximum atomic E-state index is 13.9. The van der Waals surface area contributed by atoms with E-state index < -0.39 is 0 Å². The number of rotatable bonds is 6. The Morgan fingerprint density at radius 2 is 1.85 bits per heavy atom. The van der Waals surface area contributed by atoms with Crippen LogP contribution in [0.2, 0.25) is 5.02 Å². The summed E-state index contributed by atoms with van der Waals surface area (Å²) in [7, 11) is 0. The molecule has 1 aromatic carbocycles. The summed E-state index contributed by atoms with van der Waals surface area (Å²) in [5, 5.41) is 3.95. The highest BCUT2D eigenvalue weighted by molar-refractivity contribution is 6.30. The van der Waals surface area contributed by atoms with E-state index >= 15 is 0 Å². The first-order chi connectivity index (χ1) is 9.20. The van der Waals surface area contributed by atoms with Gasteiger partial charge in [0.15, 0.2) is 0 Å². The van der Waals surface area contributed by atoms with E-state index in [-0.39, 0.29) is 11.2 Å². The Bertz CT molecular complexity index is 423. The van der Waals surface area contributed by atoms with Crippen LogP contribution in [0.1, 0.15) is 40.2 Å². The topological polar surface area (TPSA) is 12.0 Å². The van der Waals surface area contributed by atoms with Crippen molar-refractivity contribution in [2.45, 2.75) is 41.0 Å². The van der Waals surface area contributed by atoms with Crippen molar-refractivity contribution in [3.8, 4) is 0 Å². The molecule has 1 atom stereocenters. The minimum Gasteiger partial charge on any atom is -0.316 e. The van der Waals surface area contributed by atoms with Gasteiger partial charge in [0.1, 0.15) is 5.82 Å². The van der Waals surface area contributed by atoms with Gasteiger partial charge in [0, 0.05) is 5.02 Å². The third-order valence-corrected chi connectivity index (χ3v) is 3.88. The van der Waals surface area contributed by atoms with Gasteiger partial charge in [-0.05, 0) is 54.5 Å². The van der Waals surface area contributed by atoms with Crippen LogP contribution in [0.3, 0.4) is 0 Å². The van der Waals surface area contributed by atoms with Gasteiger partial charge in [-0.1, -0.05) is 52.3 Å². The Morgan fingerprint density at radius 1 is 1.20 bits per heavy atom. The van der Waals surface area contributed by atoms with Gasteiger partial charge in [-0.3, -0.25) is 0 Å². The van der Waals surface area contributed by atoms with Gasteiger partial charge >= 0.3 is 0 Å². The van der Waals surface area contributed by atoms with E-state index in [4.69, 9.17) is 11.6 Å². The predicted octanol–water partition coefficient (Wildman–Crippen LogP) is 4.93. The number of hydrogen-bond acceptors (Lipinski definition) is 1. The van der Waals surface area contributed by atoms with Crippen molar-refractivity contribution in [1.29, 1.82) is 0 Å². The fourth-order valence-electron chi connectivity index (χ4n) is 2.18. The Hall–Kier alpha value is -0.600. The van der Waals surface area contributed by atoms with Gasteiger partial charge in [-0.15, -0.1) is 0 Å². The Morgan fingerprint density at radius 3 is 2.35 bits per heavy atom. The molecule has 1 aromatic rings. The smallest absolute Gasteiger partial charge is 0.127 e. The highest BCUT2D eigenvalue weighted by Crippen LogP contribution is 2.30. The number of halogens is 2. The molecule has 114 valence electrons. The second kappa shape index (κ2) is 7.42. The molecule has 0 aliphatic rings. The summed E-state index contributed by atoms with van der Waals surface area (Å²) >= 11 is 5.81. The van der Waals surface area contributed by atoms with Gasteiger partial charge < -0.3 is 5.32 Å². The van der Waals surface area contributed by atoms with Crippen LogP contribution < -0.4 is 5.32 Å². The molecule has 0 aromatic heterocycles. The Labute approximate surface area is 127 Å². The summed E-state index contributed by atoms with van der Waals surface area (Å²) in [6.45, 7) is 12.9. The van der Waals surface area contributed by atoms with E-state index in [1.165, 1.54) is 6.07 Å². The molecule has 0 spiro atoms. The fourth-order valence-corrected chi connectivity index (χ4v) is 2.34. The standard InChI is InChI=1S/C17H27ClFN/c1-12(2)10-20-11-14(17(3,4)5)8-13-6-7-15(18)9-16(13)19/h6-7,9,12,14,20H,8,10-11H2,1-5H3. The summed E-state index contributed by atoms with van der Waals surface area (Å²) in [6, 6.07) is 4.97. The molecule has 3 heteroatoms. The molecule has 1 nitrogen and oxygen atoms in total. The van der Waals surface area contributed by atoms with Crippen molar-refractivity contribution in [3.05, 3.63) is 34.6 Å². The van der Waals surface area contributed by atoms with Crippen molar-refractivity contribution in [3.63, 3.8) is 0 Å². The molecule has 0 bridgehead atoms. The molecule has 0 saturated carbocycles. The summed E-state index contributed by atoms with van der Waals surface area (Å²) in [5.74, 6) is 0.815. The first-order valence-corrected chi connectivity index (χ1v) is 7.72. The highest BCUT2D eigenvalue weighted by atomic mass is 35.5. The molecule has 1 rings (SSSR count). The van der Waals surface area contributed by atoms with Crippen LogP contribution >= 0.6 is 11.6 Å². The van der Waals surface area contributed by atoms with Crippen molar-refractivity contribution >= 4 is 11.6 Å². The molecule has 0 radical (unpaired) electrons. The quantitative estimate of drug-likeness (QED) is 0.785. The maximum Gasteiger partial charge on any atom is 0.127 e. The van der Waals surface area contributed by atoms with Crippen LogP contribution in [0.4, 0.5) is 4.39 Å². The Balaban J connectivity index is 2.74. The fraction of sp³-hybridized carbons (Fsp3) is 0.647. The molecule has 0 aliphatic carbocycles. The van der Waals surface area contributed by atoms with E-state index in [2.05, 4.69) is 39.9 Å². The lowest BCUT2D eigenvalue weighted by molar-refractivity contribution is 0.227. The minimum absolute atomic E-state index is 0.135. The van der Waals surface area contributed by atoms with E-state index in [1.807, 2.05) is 0 Å². The third-order valence-electron chi connectivity index (χ3n) is 3.65. The van der Waals surface area contributed by atoms with Gasteiger partial charge in [0.2, 0.25) is 0 Å². The molecule has 20 heavy (non-hydrogen) atoms. The lowest BCUT2D eigenvalue weighted by atomic mass is 9.77. The molecule has 0 amide bonds. The van der Waals surface area contributed by atoms with Crippen molar-refractivity contribution in [2.24, 2.45) is 17.3 Å². The predicted molar refractivity (Wildman–Crippen MR) is 85.8 cm³/mol. The first-order valence-electron chi connectivity index (χ1n) is 7.34. The van der Waals surface area contributed by atoms with E-state index in [0.717, 1.165) is 25.1 Å². The average Bonchev–Trinajstić information content (AvgIpc) is 2.28. The van der Waals surface area contributed by atoms with E-state index in [0.29, 0.717) is 16.9 Å². The molecule has 1 unspecified atom stereocenters. The second-order valence-electron chi connectivity index (χ2n) is 7.05. The molecule has 0 aliphatic heterocycles. The van der Waals surface area contributed by atoms with E-state index in [1.54, 1.807) is 12.1 Å². The van der Waals surface area contributed by atoms with Crippen molar-refractivity contribution in [2.75, 3.05) is 13.1 Å². The normalized spacial score (nSPS) is 13.8. The summed E-state index contributed by atoms with van der Waals surface area (Å²) in [4.78, 5) is 0. The number of benzene rings is 1. The van der Waals surface area contributed by atoms with Gasteiger partial charge in [-0.25, -0.2) is 4.39 Å². The van der Waals surface area contributed by atoms with Crippen LogP contribution in [-0.4, -0.2) is 13.1 Å². The third kappa shape index (κ3) is 5.80. The zero-order valence-corrected chi connectivity index (χ0v) is 14.0. The Kier molecular flexibility index (Phi) is 6.47. The van der Waals surface area contributed by atoms with Crippen LogP contribution in [0, 0.1) is 23.1 Å². The zero-order chi connectivity index (χ0) is 15.3. The number of nitrogens with one attached hydrogen (secondary N) is 1. The van der Waals surface area contributed by atoms with E-state index in [9.17, 15) is 4.39 Å². The first kappa shape index (κ1) is 17.5. The highest BCUT2D eigenvalue weighted by Gasteiger charge is 2.25. The van der Waals surface area contributed by atoms with Crippen LogP contribution in [0.15, 0.2) is 18.2 Å². The SMILES string of the molecule is CC(C)CNCC(Cc1ccc(Cl)cc1F)C(C)(C)C. The molecule has 0 fully saturated rings. The summed E-state index contributed by atoms with van der Waals surface area (Å²) in [5.41, 5.74) is 0.886. The van der Waals surface area contributed by atoms with Crippen LogP contribution in [-0.2, 0) is 6.42 Å². The largest absolute Gasteiger partial charge is 0.316 e. The van der Waals surface area contributed by atoms with Gasteiger partial charge in [0.25, 0.3) is 0 Å². The van der Waals surface area contributed by atoms with Crippen molar-refractivity contribution < 1.29 is 4.39 Å². The van der Waals surface area contributed by atoms with Crippen LogP contribution in [0.5, 0.6) is 0 Å². The maximum absolute atomic E-state index is 13.9. The molecule has 1 N–H and O–H groups in total. The molecular formula is C17H27ClFN. The lowest BCUT2D eigenvalue weighted by Gasteiger charge is -2.31. The summed E-state index contributed by atoms with van der Waals surface area (Å²) in [6.07, 6.45) is 0.734. The van der Waals surface area contributed by atoms with Crippen molar-refractivity contribution in [1.82, 2.24) is 5.32 Å². The molecular weight excluding hydrogens is 273 g/mol. The van der Waals surface area contributed by atoms with Crippen LogP contribution in [0.25, 0.3) is 0 Å².